The molecule has 3 nitrogen and oxygen atoms in total. The van der Waals surface area contributed by atoms with Crippen LogP contribution in [0.3, 0.4) is 0 Å². The van der Waals surface area contributed by atoms with E-state index in [9.17, 15) is 0 Å². The molecule has 8 heavy (non-hydrogen) atoms. The Kier molecular flexibility index (Phi) is 21.2. The van der Waals surface area contributed by atoms with Gasteiger partial charge in [-0.3, -0.25) is 0 Å². The quantitative estimate of drug-likeness (QED) is 0.377. The van der Waals surface area contributed by atoms with Crippen molar-refractivity contribution in [2.24, 2.45) is 16.5 Å². The van der Waals surface area contributed by atoms with Gasteiger partial charge in [0.25, 0.3) is 0 Å². The minimum absolute atomic E-state index is 1.19. The van der Waals surface area contributed by atoms with Gasteiger partial charge in [0.2, 0.25) is 0 Å². The fraction of sp³-hybridized carbons (Fsp3) is 0. The Morgan fingerprint density at radius 3 is 1.62 bits per heavy atom. The Labute approximate surface area is 49.4 Å². The minimum Gasteiger partial charge on any atom is -0.405 e. The van der Waals surface area contributed by atoms with E-state index < -0.39 is 0 Å². The van der Waals surface area contributed by atoms with Crippen molar-refractivity contribution in [2.45, 2.75) is 0 Å². The first-order chi connectivity index (χ1) is 3.83. The molecule has 0 aromatic heterocycles. The van der Waals surface area contributed by atoms with Crippen LogP contribution in [0.4, 0.5) is 0 Å². The first-order valence-corrected chi connectivity index (χ1v) is 2.00. The SMILES string of the molecule is C=CN.C=CN=CN. The van der Waals surface area contributed by atoms with Crippen molar-refractivity contribution in [1.82, 2.24) is 0 Å². The maximum Gasteiger partial charge on any atom is 0.0852 e. The molecule has 0 radical (unpaired) electrons. The van der Waals surface area contributed by atoms with Crippen molar-refractivity contribution < 1.29 is 0 Å². The lowest BCUT2D eigenvalue weighted by atomic mass is 11.0. The van der Waals surface area contributed by atoms with Gasteiger partial charge in [0, 0.05) is 6.20 Å². The lowest BCUT2D eigenvalue weighted by molar-refractivity contribution is 1.58. The summed E-state index contributed by atoms with van der Waals surface area (Å²) in [5.74, 6) is 0. The third-order valence-electron chi connectivity index (χ3n) is 0.191. The number of hydrogen-bond donors (Lipinski definition) is 2. The molecule has 4 N–H and O–H groups in total. The van der Waals surface area contributed by atoms with Crippen LogP contribution >= 0.6 is 0 Å². The van der Waals surface area contributed by atoms with Gasteiger partial charge >= 0.3 is 0 Å². The maximum atomic E-state index is 4.78. The van der Waals surface area contributed by atoms with Gasteiger partial charge in [-0.1, -0.05) is 13.2 Å². The van der Waals surface area contributed by atoms with Crippen LogP contribution in [0.1, 0.15) is 0 Å². The second kappa shape index (κ2) is 17.2. The largest absolute Gasteiger partial charge is 0.405 e. The highest BCUT2D eigenvalue weighted by atomic mass is 14.8. The molecule has 0 unspecified atom stereocenters. The monoisotopic (exact) mass is 113 g/mol. The molecule has 3 heteroatoms. The molecule has 0 rings (SSSR count). The second-order valence-electron chi connectivity index (χ2n) is 0.716. The van der Waals surface area contributed by atoms with Crippen LogP contribution in [-0.4, -0.2) is 6.34 Å². The molecule has 0 aliphatic heterocycles. The molecule has 0 aromatic rings. The number of aliphatic imine (C=N–C) groups is 1. The average Bonchev–Trinajstić information content (AvgIpc) is 1.71. The molecule has 0 aliphatic carbocycles. The molecule has 0 amide bonds. The summed E-state index contributed by atoms with van der Waals surface area (Å²) in [5.41, 5.74) is 9.39. The van der Waals surface area contributed by atoms with Crippen molar-refractivity contribution in [2.75, 3.05) is 0 Å². The van der Waals surface area contributed by atoms with Crippen molar-refractivity contribution >= 4 is 6.34 Å². The van der Waals surface area contributed by atoms with E-state index in [0.29, 0.717) is 0 Å². The summed E-state index contributed by atoms with van der Waals surface area (Å²) in [5, 5.41) is 0. The molecule has 0 heterocycles. The Morgan fingerprint density at radius 1 is 1.25 bits per heavy atom. The standard InChI is InChI=1S/C3H6N2.C2H5N/c1-2-5-3-4;1-2-3/h2-3H,1H2,(H2,4,5);2H,1,3H2. The molecular formula is C5H11N3. The van der Waals surface area contributed by atoms with Gasteiger partial charge in [-0.25, -0.2) is 4.99 Å². The minimum atomic E-state index is 1.19. The fourth-order valence-corrected chi connectivity index (χ4v) is 0.0609. The summed E-state index contributed by atoms with van der Waals surface area (Å²) < 4.78 is 0. The van der Waals surface area contributed by atoms with Gasteiger partial charge in [0.15, 0.2) is 0 Å². The molecule has 0 atom stereocenters. The van der Waals surface area contributed by atoms with E-state index >= 15 is 0 Å². The Morgan fingerprint density at radius 2 is 1.62 bits per heavy atom. The lowest BCUT2D eigenvalue weighted by Gasteiger charge is -1.60. The molecule has 0 spiro atoms. The van der Waals surface area contributed by atoms with Crippen LogP contribution in [0.2, 0.25) is 0 Å². The number of nitrogens with two attached hydrogens (primary N) is 2. The van der Waals surface area contributed by atoms with Crippen LogP contribution in [0.5, 0.6) is 0 Å². The van der Waals surface area contributed by atoms with Gasteiger partial charge < -0.3 is 11.5 Å². The van der Waals surface area contributed by atoms with Crippen LogP contribution in [0.15, 0.2) is 30.6 Å². The van der Waals surface area contributed by atoms with E-state index in [4.69, 9.17) is 5.73 Å². The van der Waals surface area contributed by atoms with Gasteiger partial charge in [0.1, 0.15) is 0 Å². The van der Waals surface area contributed by atoms with E-state index in [1.165, 1.54) is 18.7 Å². The van der Waals surface area contributed by atoms with E-state index in [1.54, 1.807) is 0 Å². The van der Waals surface area contributed by atoms with Crippen LogP contribution < -0.4 is 11.5 Å². The molecule has 0 fully saturated rings. The van der Waals surface area contributed by atoms with Crippen LogP contribution in [0.25, 0.3) is 0 Å². The molecule has 0 bridgehead atoms. The predicted octanol–water partition coefficient (Wildman–Crippen LogP) is 0.206. The summed E-state index contributed by atoms with van der Waals surface area (Å²) >= 11 is 0. The topological polar surface area (TPSA) is 64.4 Å². The summed E-state index contributed by atoms with van der Waals surface area (Å²) in [6.45, 7) is 6.41. The molecule has 0 aromatic carbocycles. The normalized spacial score (nSPS) is 7.00. The highest BCUT2D eigenvalue weighted by Crippen LogP contribution is 1.53. The summed E-state index contributed by atoms with van der Waals surface area (Å²) in [4.78, 5) is 3.39. The van der Waals surface area contributed by atoms with Crippen molar-refractivity contribution in [3.05, 3.63) is 25.6 Å². The first kappa shape index (κ1) is 9.89. The van der Waals surface area contributed by atoms with Crippen molar-refractivity contribution in [1.29, 1.82) is 0 Å². The van der Waals surface area contributed by atoms with E-state index in [-0.39, 0.29) is 0 Å². The number of nitrogens with zero attached hydrogens (tertiary/aromatic N) is 1. The van der Waals surface area contributed by atoms with Gasteiger partial charge in [-0.05, 0) is 6.20 Å². The van der Waals surface area contributed by atoms with Gasteiger partial charge in [-0.15, -0.1) is 0 Å². The third kappa shape index (κ3) is 119. The zero-order chi connectivity index (χ0) is 6.83. The summed E-state index contributed by atoms with van der Waals surface area (Å²) in [6, 6.07) is 0. The average molecular weight is 113 g/mol. The summed E-state index contributed by atoms with van der Waals surface area (Å²) in [7, 11) is 0. The Bertz CT molecular complexity index is 75.7. The second-order valence-corrected chi connectivity index (χ2v) is 0.716. The molecule has 0 saturated heterocycles. The zero-order valence-corrected chi connectivity index (χ0v) is 4.75. The zero-order valence-electron chi connectivity index (χ0n) is 4.75. The molecular weight excluding hydrogens is 102 g/mol. The van der Waals surface area contributed by atoms with Crippen LogP contribution in [-0.2, 0) is 0 Å². The van der Waals surface area contributed by atoms with E-state index in [0.717, 1.165) is 0 Å². The highest BCUT2D eigenvalue weighted by Gasteiger charge is 1.39. The number of hydrogen-bond acceptors (Lipinski definition) is 2. The van der Waals surface area contributed by atoms with Crippen molar-refractivity contribution in [3.8, 4) is 0 Å². The first-order valence-electron chi connectivity index (χ1n) is 2.00. The van der Waals surface area contributed by atoms with Gasteiger partial charge in [0.05, 0.1) is 6.34 Å². The van der Waals surface area contributed by atoms with Crippen molar-refractivity contribution in [3.63, 3.8) is 0 Å². The Hall–Kier alpha value is -1.25. The summed E-state index contributed by atoms with van der Waals surface area (Å²) in [6.07, 6.45) is 3.81. The highest BCUT2D eigenvalue weighted by molar-refractivity contribution is 5.51. The van der Waals surface area contributed by atoms with E-state index in [1.807, 2.05) is 0 Å². The maximum absolute atomic E-state index is 4.78. The third-order valence-corrected chi connectivity index (χ3v) is 0.191. The van der Waals surface area contributed by atoms with E-state index in [2.05, 4.69) is 23.9 Å². The Balaban J connectivity index is 0. The van der Waals surface area contributed by atoms with Crippen LogP contribution in [0, 0.1) is 0 Å². The smallest absolute Gasteiger partial charge is 0.0852 e. The predicted molar refractivity (Wildman–Crippen MR) is 37.3 cm³/mol. The fourth-order valence-electron chi connectivity index (χ4n) is 0.0609. The number of rotatable bonds is 1. The molecule has 0 saturated carbocycles. The lowest BCUT2D eigenvalue weighted by Crippen LogP contribution is -1.84. The molecule has 46 valence electrons. The molecule has 0 aliphatic rings. The van der Waals surface area contributed by atoms with Gasteiger partial charge in [-0.2, -0.15) is 0 Å².